The molecule has 0 aliphatic heterocycles. The van der Waals surface area contributed by atoms with E-state index in [0.29, 0.717) is 36.3 Å². The van der Waals surface area contributed by atoms with Crippen molar-refractivity contribution in [3.63, 3.8) is 0 Å². The van der Waals surface area contributed by atoms with E-state index in [1.165, 1.54) is 51.4 Å². The summed E-state index contributed by atoms with van der Waals surface area (Å²) in [4.78, 5) is 12.3. The number of carbonyl (C=O) groups excluding carboxylic acids is 1. The van der Waals surface area contributed by atoms with E-state index in [4.69, 9.17) is 0 Å². The topological polar surface area (TPSA) is 59.8 Å². The molecular weight excluding hydrogens is 300 g/mol. The zero-order valence-corrected chi connectivity index (χ0v) is 15.1. The maximum absolute atomic E-state index is 12.3. The van der Waals surface area contributed by atoms with E-state index in [0.717, 1.165) is 11.6 Å². The molecule has 1 heterocycles. The first-order valence-electron chi connectivity index (χ1n) is 9.72. The van der Waals surface area contributed by atoms with Crippen molar-refractivity contribution in [1.29, 1.82) is 0 Å². The van der Waals surface area contributed by atoms with Gasteiger partial charge in [-0.15, -0.1) is 10.2 Å². The van der Waals surface area contributed by atoms with Crippen LogP contribution in [-0.2, 0) is 11.3 Å². The highest BCUT2D eigenvalue weighted by molar-refractivity contribution is 5.76. The molecule has 3 fully saturated rings. The van der Waals surface area contributed by atoms with Gasteiger partial charge in [0.1, 0.15) is 5.82 Å². The Morgan fingerprint density at radius 1 is 1.12 bits per heavy atom. The Morgan fingerprint density at radius 2 is 1.83 bits per heavy atom. The quantitative estimate of drug-likeness (QED) is 0.865. The molecule has 132 valence electrons. The van der Waals surface area contributed by atoms with Crippen LogP contribution in [0.5, 0.6) is 0 Å². The van der Waals surface area contributed by atoms with Crippen molar-refractivity contribution in [2.45, 2.75) is 90.1 Å². The molecule has 3 saturated carbocycles. The number of hydrogen-bond acceptors (Lipinski definition) is 3. The van der Waals surface area contributed by atoms with Gasteiger partial charge < -0.3 is 9.88 Å². The van der Waals surface area contributed by atoms with Crippen molar-refractivity contribution in [3.05, 3.63) is 11.6 Å². The van der Waals surface area contributed by atoms with Crippen LogP contribution in [0, 0.1) is 11.3 Å². The summed E-state index contributed by atoms with van der Waals surface area (Å²) in [6, 6.07) is 0.586. The number of aromatic nitrogens is 3. The Kier molecular flexibility index (Phi) is 4.13. The van der Waals surface area contributed by atoms with Gasteiger partial charge in [-0.25, -0.2) is 0 Å². The Labute approximate surface area is 144 Å². The molecule has 1 N–H and O–H groups in total. The average Bonchev–Trinajstić information content (AvgIpc) is 3.46. The lowest BCUT2D eigenvalue weighted by molar-refractivity contribution is -0.122. The molecule has 0 aromatic carbocycles. The second kappa shape index (κ2) is 6.16. The number of amides is 1. The van der Waals surface area contributed by atoms with Gasteiger partial charge in [0.05, 0.1) is 6.54 Å². The molecule has 1 amide bonds. The van der Waals surface area contributed by atoms with Gasteiger partial charge >= 0.3 is 0 Å². The van der Waals surface area contributed by atoms with Gasteiger partial charge in [-0.05, 0) is 62.7 Å². The highest BCUT2D eigenvalue weighted by Crippen LogP contribution is 2.44. The lowest BCUT2D eigenvalue weighted by Crippen LogP contribution is -2.29. The molecular formula is C19H30N4O. The second-order valence-electron chi connectivity index (χ2n) is 8.94. The van der Waals surface area contributed by atoms with Crippen LogP contribution in [0.2, 0.25) is 0 Å². The number of carbonyl (C=O) groups is 1. The lowest BCUT2D eigenvalue weighted by atomic mass is 9.72. The van der Waals surface area contributed by atoms with Crippen LogP contribution in [0.15, 0.2) is 0 Å². The highest BCUT2D eigenvalue weighted by Gasteiger charge is 2.36. The minimum atomic E-state index is 0.179. The van der Waals surface area contributed by atoms with E-state index in [2.05, 4.69) is 33.9 Å². The molecule has 5 nitrogen and oxygen atoms in total. The molecule has 0 saturated heterocycles. The van der Waals surface area contributed by atoms with E-state index in [-0.39, 0.29) is 5.91 Å². The van der Waals surface area contributed by atoms with E-state index < -0.39 is 0 Å². The zero-order valence-electron chi connectivity index (χ0n) is 15.1. The highest BCUT2D eigenvalue weighted by atomic mass is 16.1. The number of nitrogens with one attached hydrogen (secondary N) is 1. The summed E-state index contributed by atoms with van der Waals surface area (Å²) in [6.07, 6.45) is 10.5. The second-order valence-corrected chi connectivity index (χ2v) is 8.94. The van der Waals surface area contributed by atoms with Crippen LogP contribution in [0.4, 0.5) is 0 Å². The Hall–Kier alpha value is -1.39. The van der Waals surface area contributed by atoms with Crippen LogP contribution in [0.3, 0.4) is 0 Å². The fourth-order valence-corrected chi connectivity index (χ4v) is 3.98. The molecule has 3 aliphatic rings. The lowest BCUT2D eigenvalue weighted by Gasteiger charge is -2.34. The first-order chi connectivity index (χ1) is 11.5. The van der Waals surface area contributed by atoms with Crippen molar-refractivity contribution in [2.75, 3.05) is 0 Å². The maximum Gasteiger partial charge on any atom is 0.220 e. The normalized spacial score (nSPS) is 24.1. The van der Waals surface area contributed by atoms with Crippen molar-refractivity contribution >= 4 is 5.91 Å². The first-order valence-corrected chi connectivity index (χ1v) is 9.72. The molecule has 24 heavy (non-hydrogen) atoms. The molecule has 0 spiro atoms. The van der Waals surface area contributed by atoms with Crippen molar-refractivity contribution < 1.29 is 4.79 Å². The van der Waals surface area contributed by atoms with E-state index in [1.54, 1.807) is 0 Å². The zero-order chi connectivity index (χ0) is 16.7. The minimum absolute atomic E-state index is 0.179. The number of nitrogens with zero attached hydrogens (tertiary/aromatic N) is 3. The summed E-state index contributed by atoms with van der Waals surface area (Å²) in [6.45, 7) is 5.21. The van der Waals surface area contributed by atoms with Gasteiger partial charge in [-0.3, -0.25) is 4.79 Å². The van der Waals surface area contributed by atoms with Gasteiger partial charge in [0, 0.05) is 18.4 Å². The maximum atomic E-state index is 12.3. The SMILES string of the molecule is CC1(C)CCC(CC(=O)NCc2nnc(C3CC3)n2C2CC2)CC1. The Balaban J connectivity index is 1.30. The number of hydrogen-bond donors (Lipinski definition) is 1. The van der Waals surface area contributed by atoms with Crippen LogP contribution in [-0.4, -0.2) is 20.7 Å². The Morgan fingerprint density at radius 3 is 2.46 bits per heavy atom. The molecule has 5 heteroatoms. The van der Waals surface area contributed by atoms with Crippen LogP contribution >= 0.6 is 0 Å². The van der Waals surface area contributed by atoms with E-state index in [9.17, 15) is 4.79 Å². The van der Waals surface area contributed by atoms with Crippen molar-refractivity contribution in [2.24, 2.45) is 11.3 Å². The molecule has 0 atom stereocenters. The molecule has 0 unspecified atom stereocenters. The molecule has 0 radical (unpaired) electrons. The monoisotopic (exact) mass is 330 g/mol. The third kappa shape index (κ3) is 3.65. The third-order valence-electron chi connectivity index (χ3n) is 6.02. The number of rotatable bonds is 6. The molecule has 4 rings (SSSR count). The predicted octanol–water partition coefficient (Wildman–Crippen LogP) is 3.71. The van der Waals surface area contributed by atoms with Crippen LogP contribution < -0.4 is 5.32 Å². The third-order valence-corrected chi connectivity index (χ3v) is 6.02. The summed E-state index contributed by atoms with van der Waals surface area (Å²) < 4.78 is 2.32. The van der Waals surface area contributed by atoms with Crippen molar-refractivity contribution in [3.8, 4) is 0 Å². The predicted molar refractivity (Wildman–Crippen MR) is 92.5 cm³/mol. The summed E-state index contributed by atoms with van der Waals surface area (Å²) in [5, 5.41) is 11.9. The summed E-state index contributed by atoms with van der Waals surface area (Å²) >= 11 is 0. The van der Waals surface area contributed by atoms with Gasteiger partial charge in [0.15, 0.2) is 5.82 Å². The smallest absolute Gasteiger partial charge is 0.220 e. The van der Waals surface area contributed by atoms with Gasteiger partial charge in [-0.2, -0.15) is 0 Å². The van der Waals surface area contributed by atoms with Gasteiger partial charge in [0.2, 0.25) is 5.91 Å². The Bertz CT molecular complexity index is 603. The summed E-state index contributed by atoms with van der Waals surface area (Å²) in [5.74, 6) is 3.47. The first kappa shape index (κ1) is 16.1. The minimum Gasteiger partial charge on any atom is -0.349 e. The van der Waals surface area contributed by atoms with Crippen LogP contribution in [0.25, 0.3) is 0 Å². The molecule has 0 bridgehead atoms. The van der Waals surface area contributed by atoms with Crippen molar-refractivity contribution in [1.82, 2.24) is 20.1 Å². The molecule has 3 aliphatic carbocycles. The summed E-state index contributed by atoms with van der Waals surface area (Å²) in [5.41, 5.74) is 0.465. The van der Waals surface area contributed by atoms with Gasteiger partial charge in [-0.1, -0.05) is 13.8 Å². The van der Waals surface area contributed by atoms with E-state index >= 15 is 0 Å². The standard InChI is InChI=1S/C19H30N4O/c1-19(2)9-7-13(8-10-19)11-17(24)20-12-16-21-22-18(14-3-4-14)23(16)15-5-6-15/h13-15H,3-12H2,1-2H3,(H,20,24). The molecule has 1 aromatic heterocycles. The summed E-state index contributed by atoms with van der Waals surface area (Å²) in [7, 11) is 0. The fraction of sp³-hybridized carbons (Fsp3) is 0.842. The largest absolute Gasteiger partial charge is 0.349 e. The van der Waals surface area contributed by atoms with Gasteiger partial charge in [0.25, 0.3) is 0 Å². The molecule has 1 aromatic rings. The average molecular weight is 330 g/mol. The fourth-order valence-electron chi connectivity index (χ4n) is 3.98. The van der Waals surface area contributed by atoms with E-state index in [1.807, 2.05) is 0 Å². The van der Waals surface area contributed by atoms with Crippen LogP contribution in [0.1, 0.15) is 95.2 Å².